The van der Waals surface area contributed by atoms with Gasteiger partial charge in [0.05, 0.1) is 6.54 Å². The lowest BCUT2D eigenvalue weighted by Gasteiger charge is -2.42. The molecule has 0 fully saturated rings. The van der Waals surface area contributed by atoms with Crippen molar-refractivity contribution in [2.24, 2.45) is 5.73 Å². The summed E-state index contributed by atoms with van der Waals surface area (Å²) in [5.41, 5.74) is 3.84. The van der Waals surface area contributed by atoms with E-state index in [9.17, 15) is 74.6 Å². The Hall–Kier alpha value is -1.23. The van der Waals surface area contributed by atoms with Crippen molar-refractivity contribution in [2.45, 2.75) is 47.6 Å². The fourth-order valence-electron chi connectivity index (χ4n) is 1.32. The molecule has 0 aliphatic heterocycles. The first-order valence-corrected chi connectivity index (χ1v) is 5.72. The molecule has 0 aromatic rings. The lowest BCUT2D eigenvalue weighted by atomic mass is 9.89. The molecule has 0 aliphatic carbocycles. The average molecular weight is 449 g/mol. The Morgan fingerprint density at radius 1 is 0.370 bits per heavy atom. The van der Waals surface area contributed by atoms with E-state index in [1.807, 2.05) is 0 Å². The largest absolute Gasteiger partial charge is 0.460 e. The molecule has 0 atom stereocenters. The van der Waals surface area contributed by atoms with Gasteiger partial charge in [0.1, 0.15) is 0 Å². The maximum absolute atomic E-state index is 13.0. The molecule has 0 amide bonds. The van der Waals surface area contributed by atoms with Crippen molar-refractivity contribution in [3.63, 3.8) is 0 Å². The van der Waals surface area contributed by atoms with Gasteiger partial charge in [-0.25, -0.2) is 0 Å². The van der Waals surface area contributed by atoms with Crippen molar-refractivity contribution >= 4 is 0 Å². The molecule has 1 nitrogen and oxygen atoms in total. The van der Waals surface area contributed by atoms with Crippen LogP contribution in [-0.4, -0.2) is 54.2 Å². The van der Waals surface area contributed by atoms with Crippen LogP contribution < -0.4 is 5.73 Å². The Morgan fingerprint density at radius 3 is 0.815 bits per heavy atom. The van der Waals surface area contributed by atoms with Gasteiger partial charge in [-0.05, 0) is 0 Å². The summed E-state index contributed by atoms with van der Waals surface area (Å²) in [6.07, 6.45) is -7.75. The minimum atomic E-state index is -8.60. The van der Waals surface area contributed by atoms with Gasteiger partial charge in [0.2, 0.25) is 0 Å². The first-order chi connectivity index (χ1) is 11.3. The fraction of sp³-hybridized carbons (Fsp3) is 1.00. The lowest BCUT2D eigenvalue weighted by molar-refractivity contribution is -0.461. The number of halogens is 17. The molecule has 0 unspecified atom stereocenters. The number of nitrogens with two attached hydrogens (primary N) is 1. The van der Waals surface area contributed by atoms with Crippen molar-refractivity contribution in [1.29, 1.82) is 0 Å². The number of hydrogen-bond acceptors (Lipinski definition) is 1. The number of rotatable bonds is 7. The molecule has 164 valence electrons. The van der Waals surface area contributed by atoms with Crippen LogP contribution in [0.5, 0.6) is 0 Å². The van der Waals surface area contributed by atoms with Crippen LogP contribution in [0, 0.1) is 0 Å². The molecule has 0 aromatic carbocycles. The molecule has 0 aliphatic rings. The predicted molar refractivity (Wildman–Crippen MR) is 49.7 cm³/mol. The minimum Gasteiger partial charge on any atom is -0.325 e. The van der Waals surface area contributed by atoms with Crippen LogP contribution in [0.4, 0.5) is 74.6 Å². The minimum absolute atomic E-state index is 2.95. The Morgan fingerprint density at radius 2 is 0.593 bits per heavy atom. The van der Waals surface area contributed by atoms with Gasteiger partial charge in [0, 0.05) is 0 Å². The van der Waals surface area contributed by atoms with E-state index in [1.54, 1.807) is 0 Å². The topological polar surface area (TPSA) is 26.0 Å². The van der Waals surface area contributed by atoms with Crippen molar-refractivity contribution in [2.75, 3.05) is 6.54 Å². The third-order valence-electron chi connectivity index (χ3n) is 3.04. The maximum Gasteiger partial charge on any atom is 0.460 e. The van der Waals surface area contributed by atoms with E-state index in [1.165, 1.54) is 0 Å². The van der Waals surface area contributed by atoms with Gasteiger partial charge in [-0.3, -0.25) is 0 Å². The summed E-state index contributed by atoms with van der Waals surface area (Å²) >= 11 is 0. The monoisotopic (exact) mass is 449 g/mol. The third kappa shape index (κ3) is 3.06. The predicted octanol–water partition coefficient (Wildman–Crippen LogP) is 4.95. The first-order valence-electron chi connectivity index (χ1n) is 5.72. The standard InChI is InChI=1S/C9H4F17N/c10-2(11,1-27)3(12,13)4(14,15)5(16,17)6(18,19)7(20,21)8(22,23)9(24,25)26/h1,27H2. The molecule has 2 N–H and O–H groups in total. The Balaban J connectivity index is 6.65. The van der Waals surface area contributed by atoms with Crippen LogP contribution in [0.2, 0.25) is 0 Å². The Kier molecular flexibility index (Phi) is 5.85. The van der Waals surface area contributed by atoms with Crippen LogP contribution in [0.3, 0.4) is 0 Å². The van der Waals surface area contributed by atoms with Crippen LogP contribution in [0.1, 0.15) is 0 Å². The van der Waals surface area contributed by atoms with Gasteiger partial charge in [-0.2, -0.15) is 74.6 Å². The van der Waals surface area contributed by atoms with Gasteiger partial charge >= 0.3 is 47.6 Å². The van der Waals surface area contributed by atoms with E-state index < -0.39 is 54.2 Å². The molecular formula is C9H4F17N. The van der Waals surface area contributed by atoms with Crippen molar-refractivity contribution in [1.82, 2.24) is 0 Å². The summed E-state index contributed by atoms with van der Waals surface area (Å²) in [6.45, 7) is -2.95. The molecule has 0 saturated carbocycles. The smallest absolute Gasteiger partial charge is 0.325 e. The normalized spacial score (nSPS) is 16.7. The second-order valence-corrected chi connectivity index (χ2v) is 4.85. The highest BCUT2D eigenvalue weighted by molar-refractivity contribution is 5.15. The highest BCUT2D eigenvalue weighted by Gasteiger charge is 2.95. The molecule has 0 heterocycles. The van der Waals surface area contributed by atoms with E-state index >= 15 is 0 Å². The molecule has 0 radical (unpaired) electrons. The number of alkyl halides is 17. The van der Waals surface area contributed by atoms with Crippen LogP contribution in [0.15, 0.2) is 0 Å². The second kappa shape index (κ2) is 6.13. The van der Waals surface area contributed by atoms with Crippen molar-refractivity contribution in [3.8, 4) is 0 Å². The Bertz CT molecular complexity index is 543. The average Bonchev–Trinajstić information content (AvgIpc) is 2.44. The summed E-state index contributed by atoms with van der Waals surface area (Å²) in [5.74, 6) is -56.2. The quantitative estimate of drug-likeness (QED) is 0.547. The van der Waals surface area contributed by atoms with Crippen molar-refractivity contribution < 1.29 is 74.6 Å². The van der Waals surface area contributed by atoms with E-state index in [-0.39, 0.29) is 0 Å². The zero-order valence-corrected chi connectivity index (χ0v) is 11.7. The third-order valence-corrected chi connectivity index (χ3v) is 3.04. The number of hydrogen-bond donors (Lipinski definition) is 1. The molecule has 0 aromatic heterocycles. The van der Waals surface area contributed by atoms with Crippen LogP contribution in [0.25, 0.3) is 0 Å². The van der Waals surface area contributed by atoms with Gasteiger partial charge < -0.3 is 5.73 Å². The highest BCUT2D eigenvalue weighted by atomic mass is 19.4. The molecular weight excluding hydrogens is 445 g/mol. The SMILES string of the molecule is NCC(F)(F)C(F)(F)C(F)(F)C(F)(F)C(F)(F)C(F)(F)C(F)(F)C(F)(F)F. The lowest BCUT2D eigenvalue weighted by Crippen LogP contribution is -2.74. The van der Waals surface area contributed by atoms with E-state index in [2.05, 4.69) is 5.73 Å². The Labute approximate surface area is 136 Å². The molecule has 27 heavy (non-hydrogen) atoms. The summed E-state index contributed by atoms with van der Waals surface area (Å²) in [5, 5.41) is 0. The summed E-state index contributed by atoms with van der Waals surface area (Å²) in [6, 6.07) is 0. The van der Waals surface area contributed by atoms with Gasteiger partial charge in [-0.15, -0.1) is 0 Å². The first kappa shape index (κ1) is 25.8. The summed E-state index contributed by atoms with van der Waals surface area (Å²) in [4.78, 5) is 0. The fourth-order valence-corrected chi connectivity index (χ4v) is 1.32. The van der Waals surface area contributed by atoms with Gasteiger partial charge in [-0.1, -0.05) is 0 Å². The van der Waals surface area contributed by atoms with Gasteiger partial charge in [0.25, 0.3) is 0 Å². The van der Waals surface area contributed by atoms with E-state index in [0.717, 1.165) is 0 Å². The maximum atomic E-state index is 13.0. The van der Waals surface area contributed by atoms with Crippen LogP contribution >= 0.6 is 0 Å². The van der Waals surface area contributed by atoms with E-state index in [0.29, 0.717) is 0 Å². The summed E-state index contributed by atoms with van der Waals surface area (Å²) in [7, 11) is 0. The van der Waals surface area contributed by atoms with Gasteiger partial charge in [0.15, 0.2) is 0 Å². The zero-order valence-electron chi connectivity index (χ0n) is 11.7. The molecule has 0 rings (SSSR count). The molecule has 0 saturated heterocycles. The van der Waals surface area contributed by atoms with E-state index in [4.69, 9.17) is 0 Å². The second-order valence-electron chi connectivity index (χ2n) is 4.85. The molecule has 0 spiro atoms. The summed E-state index contributed by atoms with van der Waals surface area (Å²) < 4.78 is 215. The highest BCUT2D eigenvalue weighted by Crippen LogP contribution is 2.63. The molecule has 0 bridgehead atoms. The molecule has 18 heteroatoms. The van der Waals surface area contributed by atoms with Crippen LogP contribution in [-0.2, 0) is 0 Å². The zero-order chi connectivity index (χ0) is 22.7. The van der Waals surface area contributed by atoms with Crippen molar-refractivity contribution in [3.05, 3.63) is 0 Å².